The molecule has 0 aliphatic carbocycles. The van der Waals surface area contributed by atoms with Crippen LogP contribution in [0.25, 0.3) is 0 Å². The van der Waals surface area contributed by atoms with Crippen molar-refractivity contribution in [3.05, 3.63) is 52.1 Å². The van der Waals surface area contributed by atoms with E-state index in [9.17, 15) is 4.91 Å². The van der Waals surface area contributed by atoms with Crippen LogP contribution in [0.5, 0.6) is 0 Å². The maximum atomic E-state index is 12.4. The Morgan fingerprint density at radius 1 is 1.17 bits per heavy atom. The minimum absolute atomic E-state index is 0.0374. The largest absolute Gasteiger partial charge is 0.374 e. The van der Waals surface area contributed by atoms with Crippen molar-refractivity contribution >= 4 is 0 Å². The molecule has 1 atom stereocenters. The van der Waals surface area contributed by atoms with Crippen molar-refractivity contribution in [1.82, 2.24) is 9.91 Å². The SMILES string of the molecule is O=[N+]1C(COCCCCN2CCC3(CC2)OCc2ccccc23)CC2=CCCCN21. The number of unbranched alkanes of at least 4 members (excludes halogenated alkanes) is 1. The third-order valence-electron chi connectivity index (χ3n) is 7.28. The average molecular weight is 413 g/mol. The fourth-order valence-electron chi connectivity index (χ4n) is 5.51. The van der Waals surface area contributed by atoms with Gasteiger partial charge in [0.2, 0.25) is 0 Å². The molecule has 1 aromatic carbocycles. The van der Waals surface area contributed by atoms with Crippen LogP contribution >= 0.6 is 0 Å². The van der Waals surface area contributed by atoms with E-state index >= 15 is 0 Å². The normalized spacial score (nSPS) is 25.5. The van der Waals surface area contributed by atoms with Gasteiger partial charge in [-0.15, -0.1) is 5.01 Å². The second-order valence-electron chi connectivity index (χ2n) is 9.19. The molecule has 4 aliphatic heterocycles. The number of hydrazine groups is 1. The van der Waals surface area contributed by atoms with Gasteiger partial charge < -0.3 is 14.4 Å². The highest BCUT2D eigenvalue weighted by Gasteiger charge is 2.44. The van der Waals surface area contributed by atoms with Crippen molar-refractivity contribution in [2.75, 3.05) is 39.4 Å². The zero-order valence-electron chi connectivity index (χ0n) is 17.9. The molecule has 2 saturated heterocycles. The summed E-state index contributed by atoms with van der Waals surface area (Å²) in [6.45, 7) is 6.25. The van der Waals surface area contributed by atoms with Crippen molar-refractivity contribution in [2.24, 2.45) is 0 Å². The van der Waals surface area contributed by atoms with Gasteiger partial charge in [0.05, 0.1) is 35.8 Å². The Hall–Kier alpha value is -1.76. The molecule has 4 heterocycles. The second kappa shape index (κ2) is 8.77. The van der Waals surface area contributed by atoms with Crippen LogP contribution in [0.3, 0.4) is 0 Å². The first-order valence-corrected chi connectivity index (χ1v) is 11.7. The van der Waals surface area contributed by atoms with Crippen molar-refractivity contribution in [2.45, 2.75) is 63.2 Å². The first-order chi connectivity index (χ1) is 14.8. The Bertz CT molecular complexity index is 801. The summed E-state index contributed by atoms with van der Waals surface area (Å²) < 4.78 is 12.1. The number of piperidine rings is 1. The number of nitroso groups, excluding NO2 is 1. The van der Waals surface area contributed by atoms with E-state index in [-0.39, 0.29) is 11.6 Å². The van der Waals surface area contributed by atoms with Gasteiger partial charge in [0.1, 0.15) is 11.5 Å². The number of likely N-dealkylation sites (tertiary alicyclic amines) is 1. The van der Waals surface area contributed by atoms with E-state index in [4.69, 9.17) is 9.47 Å². The van der Waals surface area contributed by atoms with Crippen molar-refractivity contribution in [1.29, 1.82) is 0 Å². The Morgan fingerprint density at radius 2 is 2.03 bits per heavy atom. The Kier molecular flexibility index (Phi) is 5.89. The second-order valence-corrected chi connectivity index (χ2v) is 9.19. The summed E-state index contributed by atoms with van der Waals surface area (Å²) in [4.78, 5) is 16.1. The third-order valence-corrected chi connectivity index (χ3v) is 7.28. The summed E-state index contributed by atoms with van der Waals surface area (Å²) in [5.74, 6) is 0. The molecule has 1 unspecified atom stereocenters. The maximum absolute atomic E-state index is 12.4. The number of benzene rings is 1. The molecule has 6 nitrogen and oxygen atoms in total. The molecule has 0 saturated carbocycles. The Morgan fingerprint density at radius 3 is 2.90 bits per heavy atom. The highest BCUT2D eigenvalue weighted by molar-refractivity contribution is 5.35. The molecule has 6 heteroatoms. The van der Waals surface area contributed by atoms with E-state index < -0.39 is 0 Å². The van der Waals surface area contributed by atoms with Gasteiger partial charge in [-0.25, -0.2) is 0 Å². The van der Waals surface area contributed by atoms with Crippen LogP contribution in [0.4, 0.5) is 0 Å². The molecule has 2 fully saturated rings. The predicted octanol–water partition coefficient (Wildman–Crippen LogP) is 3.75. The van der Waals surface area contributed by atoms with Gasteiger partial charge in [0.25, 0.3) is 6.04 Å². The number of rotatable bonds is 7. The van der Waals surface area contributed by atoms with Gasteiger partial charge in [-0.1, -0.05) is 30.3 Å². The zero-order chi connectivity index (χ0) is 20.4. The minimum atomic E-state index is -0.0399. The molecule has 0 N–H and O–H groups in total. The number of ether oxygens (including phenoxy) is 2. The molecular weight excluding hydrogens is 378 g/mol. The standard InChI is InChI=1S/C24H34N3O3/c28-27-22(17-21-8-3-4-13-26(21)27)19-29-16-6-5-12-25-14-10-24(11-15-25)23-9-2-1-7-20(23)18-30-24/h1-2,7-9,22H,3-6,10-19H2/q+1. The molecule has 5 rings (SSSR count). The van der Waals surface area contributed by atoms with Gasteiger partial charge in [-0.3, -0.25) is 0 Å². The lowest BCUT2D eigenvalue weighted by atomic mass is 9.84. The van der Waals surface area contributed by atoms with E-state index in [0.29, 0.717) is 6.61 Å². The Labute approximate surface area is 179 Å². The number of hydrogen-bond acceptors (Lipinski definition) is 4. The molecule has 4 aliphatic rings. The molecule has 1 aromatic rings. The van der Waals surface area contributed by atoms with Crippen LogP contribution < -0.4 is 0 Å². The molecular formula is C24H34N3O3+. The Balaban J connectivity index is 0.981. The van der Waals surface area contributed by atoms with E-state index in [0.717, 1.165) is 89.2 Å². The topological polar surface area (TPSA) is 45.0 Å². The fourth-order valence-corrected chi connectivity index (χ4v) is 5.51. The molecule has 0 radical (unpaired) electrons. The predicted molar refractivity (Wildman–Crippen MR) is 115 cm³/mol. The summed E-state index contributed by atoms with van der Waals surface area (Å²) in [5, 5.41) is 1.90. The lowest BCUT2D eigenvalue weighted by Crippen LogP contribution is -2.42. The van der Waals surface area contributed by atoms with E-state index in [1.54, 1.807) is 0 Å². The number of allylic oxidation sites excluding steroid dienone is 1. The van der Waals surface area contributed by atoms with Gasteiger partial charge in [0, 0.05) is 19.7 Å². The third kappa shape index (κ3) is 3.93. The van der Waals surface area contributed by atoms with Crippen molar-refractivity contribution < 1.29 is 14.3 Å². The van der Waals surface area contributed by atoms with Gasteiger partial charge in [-0.2, -0.15) is 0 Å². The fraction of sp³-hybridized carbons (Fsp3) is 0.667. The lowest BCUT2D eigenvalue weighted by Gasteiger charge is -2.39. The van der Waals surface area contributed by atoms with Crippen LogP contribution in [0.15, 0.2) is 36.0 Å². The van der Waals surface area contributed by atoms with Gasteiger partial charge >= 0.3 is 0 Å². The maximum Gasteiger partial charge on any atom is 0.263 e. The van der Waals surface area contributed by atoms with Crippen LogP contribution in [0, 0.1) is 4.91 Å². The number of hydrogen-bond donors (Lipinski definition) is 0. The smallest absolute Gasteiger partial charge is 0.263 e. The molecule has 1 spiro atoms. The molecule has 162 valence electrons. The number of nitrogens with zero attached hydrogens (tertiary/aromatic N) is 3. The first-order valence-electron chi connectivity index (χ1n) is 11.7. The van der Waals surface area contributed by atoms with Gasteiger partial charge in [-0.05, 0) is 56.2 Å². The first kappa shape index (κ1) is 20.2. The minimum Gasteiger partial charge on any atom is -0.374 e. The summed E-state index contributed by atoms with van der Waals surface area (Å²) in [7, 11) is 0. The zero-order valence-corrected chi connectivity index (χ0v) is 17.9. The number of fused-ring (bicyclic) bond motifs is 3. The monoisotopic (exact) mass is 412 g/mol. The van der Waals surface area contributed by atoms with E-state index in [1.165, 1.54) is 16.8 Å². The highest BCUT2D eigenvalue weighted by Crippen LogP contribution is 2.43. The van der Waals surface area contributed by atoms with E-state index in [1.807, 2.05) is 5.01 Å². The summed E-state index contributed by atoms with van der Waals surface area (Å²) in [6, 6.07) is 8.67. The lowest BCUT2D eigenvalue weighted by molar-refractivity contribution is -0.707. The van der Waals surface area contributed by atoms with Crippen molar-refractivity contribution in [3.8, 4) is 0 Å². The van der Waals surface area contributed by atoms with Crippen molar-refractivity contribution in [3.63, 3.8) is 0 Å². The van der Waals surface area contributed by atoms with E-state index in [2.05, 4.69) is 35.2 Å². The molecule has 0 amide bonds. The highest BCUT2D eigenvalue weighted by atomic mass is 16.5. The molecule has 0 bridgehead atoms. The van der Waals surface area contributed by atoms with Crippen LogP contribution in [0.2, 0.25) is 0 Å². The summed E-state index contributed by atoms with van der Waals surface area (Å²) in [6.07, 6.45) is 9.61. The average Bonchev–Trinajstić information content (AvgIpc) is 3.30. The van der Waals surface area contributed by atoms with Crippen LogP contribution in [-0.4, -0.2) is 60.2 Å². The molecule has 30 heavy (non-hydrogen) atoms. The quantitative estimate of drug-likeness (QED) is 0.504. The van der Waals surface area contributed by atoms with Crippen LogP contribution in [-0.2, 0) is 21.7 Å². The molecule has 0 aromatic heterocycles. The van der Waals surface area contributed by atoms with Crippen LogP contribution in [0.1, 0.15) is 56.1 Å². The summed E-state index contributed by atoms with van der Waals surface area (Å²) in [5.41, 5.74) is 3.95. The summed E-state index contributed by atoms with van der Waals surface area (Å²) >= 11 is 0. The van der Waals surface area contributed by atoms with Gasteiger partial charge in [0.15, 0.2) is 0 Å².